The zero-order chi connectivity index (χ0) is 63.3. The van der Waals surface area contributed by atoms with Crippen LogP contribution in [0.15, 0.2) is 243 Å². The van der Waals surface area contributed by atoms with Crippen LogP contribution in [0.1, 0.15) is 50.1 Å². The van der Waals surface area contributed by atoms with Crippen LogP contribution in [0.5, 0.6) is 0 Å². The predicted molar refractivity (Wildman–Crippen MR) is 375 cm³/mol. The van der Waals surface area contributed by atoms with E-state index in [0.717, 1.165) is 144 Å². The first-order chi connectivity index (χ1) is 44.4. The largest absolute Gasteiger partial charge is 0.416 e. The van der Waals surface area contributed by atoms with Gasteiger partial charge >= 0.3 is 6.18 Å². The summed E-state index contributed by atoms with van der Waals surface area (Å²) in [5.41, 5.74) is 25.0. The Morgan fingerprint density at radius 3 is 0.902 bits per heavy atom. The van der Waals surface area contributed by atoms with Crippen LogP contribution >= 0.6 is 0 Å². The number of alkyl halides is 3. The third kappa shape index (κ3) is 10.6. The van der Waals surface area contributed by atoms with E-state index in [1.165, 1.54) is 12.1 Å². The van der Waals surface area contributed by atoms with Crippen LogP contribution in [0.2, 0.25) is 0 Å². The Morgan fingerprint density at radius 1 is 0.250 bits per heavy atom. The molecule has 15 aromatic rings. The Morgan fingerprint density at radius 2 is 0.565 bits per heavy atom. The molecule has 0 aliphatic carbocycles. The minimum Gasteiger partial charge on any atom is -0.309 e. The summed E-state index contributed by atoms with van der Waals surface area (Å²) in [6, 6.07) is 82.6. The van der Waals surface area contributed by atoms with Gasteiger partial charge in [-0.2, -0.15) is 13.2 Å². The van der Waals surface area contributed by atoms with Gasteiger partial charge in [-0.1, -0.05) is 214 Å². The van der Waals surface area contributed by atoms with Crippen LogP contribution < -0.4 is 0 Å². The molecule has 0 N–H and O–H groups in total. The van der Waals surface area contributed by atoms with E-state index >= 15 is 13.2 Å². The van der Waals surface area contributed by atoms with Crippen LogP contribution in [-0.2, 0) is 6.18 Å². The quantitative estimate of drug-likeness (QED) is 0.137. The fourth-order valence-electron chi connectivity index (χ4n) is 14.0. The number of rotatable bonds is 10. The van der Waals surface area contributed by atoms with Crippen molar-refractivity contribution in [1.82, 2.24) is 24.1 Å². The number of hydrogen-bond donors (Lipinski definition) is 0. The number of aromatic nitrogens is 5. The molecule has 0 fully saturated rings. The van der Waals surface area contributed by atoms with E-state index in [2.05, 4.69) is 216 Å². The van der Waals surface area contributed by atoms with Crippen molar-refractivity contribution >= 4 is 43.6 Å². The lowest BCUT2D eigenvalue weighted by molar-refractivity contribution is -0.137. The molecule has 0 aliphatic heterocycles. The van der Waals surface area contributed by atoms with Gasteiger partial charge in [-0.3, -0.25) is 0 Å². The average molecular weight is 1200 g/mol. The SMILES string of the molecule is Cc1cc(C)cc(-c2ccc3c(c2)c2cc(-c4cc(C)cc(C)c4)ccc2n3-c2ccc(C(F)(F)F)cc2-c2ccc(-c3nc(-c4ccccc4)nc(-c4ccccc4)n3)cc2-n2c3ccc(-c4cc(C)cc(C)c4)cc3c3cc(-c4cc(C)cc(C)c4)ccc32)c1. The van der Waals surface area contributed by atoms with Crippen LogP contribution in [0.25, 0.3) is 145 Å². The van der Waals surface area contributed by atoms with Crippen molar-refractivity contribution in [2.75, 3.05) is 0 Å². The van der Waals surface area contributed by atoms with E-state index in [1.54, 1.807) is 6.07 Å². The lowest BCUT2D eigenvalue weighted by Gasteiger charge is -2.21. The number of hydrogen-bond acceptors (Lipinski definition) is 3. The highest BCUT2D eigenvalue weighted by molar-refractivity contribution is 6.14. The summed E-state index contributed by atoms with van der Waals surface area (Å²) < 4.78 is 51.9. The van der Waals surface area contributed by atoms with Gasteiger partial charge in [0.05, 0.1) is 39.0 Å². The number of aryl methyl sites for hydroxylation is 8. The molecule has 3 heterocycles. The number of halogens is 3. The zero-order valence-corrected chi connectivity index (χ0v) is 52.5. The van der Waals surface area contributed by atoms with Crippen molar-refractivity contribution < 1.29 is 13.2 Å². The van der Waals surface area contributed by atoms with Gasteiger partial charge in [0, 0.05) is 49.4 Å². The van der Waals surface area contributed by atoms with Crippen molar-refractivity contribution in [3.05, 3.63) is 293 Å². The standard InChI is InChI=1S/C84H64F3N5/c1-49-31-50(2)36-64(35-49)59-20-26-75-70(43-59)71-44-60(65-37-51(3)32-52(4)38-65)21-27-76(71)91(75)79-30-24-68(84(85,86)87)48-74(79)69-25-19-63(83-89-81(57-15-11-9-12-16-57)88-82(90-83)58-17-13-10-14-18-58)47-80(69)92-77-28-22-61(66-39-53(5)33-54(6)40-66)45-72(77)73-46-62(23-29-78(73)92)67-41-55(7)34-56(8)42-67/h9-48H,1-8H3. The van der Waals surface area contributed by atoms with Crippen LogP contribution in [0.4, 0.5) is 13.2 Å². The number of nitrogens with zero attached hydrogens (tertiary/aromatic N) is 5. The molecule has 0 amide bonds. The van der Waals surface area contributed by atoms with E-state index in [-0.39, 0.29) is 0 Å². The lowest BCUT2D eigenvalue weighted by Crippen LogP contribution is -2.08. The Hall–Kier alpha value is -11.0. The molecule has 5 nitrogen and oxygen atoms in total. The van der Waals surface area contributed by atoms with Crippen LogP contribution in [0.3, 0.4) is 0 Å². The molecule has 0 spiro atoms. The molecule has 15 rings (SSSR count). The summed E-state index contributed by atoms with van der Waals surface area (Å²) in [6.07, 6.45) is -4.69. The molecule has 92 heavy (non-hydrogen) atoms. The molecule has 0 saturated carbocycles. The molecule has 3 aromatic heterocycles. The second kappa shape index (κ2) is 22.5. The second-order valence-electron chi connectivity index (χ2n) is 25.1. The molecule has 0 radical (unpaired) electrons. The molecule has 8 heteroatoms. The third-order valence-electron chi connectivity index (χ3n) is 17.8. The van der Waals surface area contributed by atoms with Gasteiger partial charge in [-0.05, 0) is 173 Å². The Bertz CT molecular complexity index is 5120. The summed E-state index contributed by atoms with van der Waals surface area (Å²) in [4.78, 5) is 15.5. The van der Waals surface area contributed by atoms with Crippen LogP contribution in [0, 0.1) is 55.4 Å². The first kappa shape index (κ1) is 57.5. The normalized spacial score (nSPS) is 11.9. The maximum Gasteiger partial charge on any atom is 0.416 e. The van der Waals surface area contributed by atoms with Gasteiger partial charge in [0.15, 0.2) is 17.5 Å². The van der Waals surface area contributed by atoms with E-state index in [1.807, 2.05) is 72.8 Å². The highest BCUT2D eigenvalue weighted by Crippen LogP contribution is 2.47. The van der Waals surface area contributed by atoms with Crippen molar-refractivity contribution in [3.8, 4) is 101 Å². The minimum atomic E-state index is -4.69. The maximum absolute atomic E-state index is 15.8. The summed E-state index contributed by atoms with van der Waals surface area (Å²) in [5, 5.41) is 3.93. The summed E-state index contributed by atoms with van der Waals surface area (Å²) >= 11 is 0. The average Bonchev–Trinajstić information content (AvgIpc) is 1.55. The van der Waals surface area contributed by atoms with Crippen molar-refractivity contribution in [3.63, 3.8) is 0 Å². The monoisotopic (exact) mass is 1200 g/mol. The van der Waals surface area contributed by atoms with E-state index in [0.29, 0.717) is 45.5 Å². The fourth-order valence-corrected chi connectivity index (χ4v) is 14.0. The Labute approximate surface area is 533 Å². The first-order valence-corrected chi connectivity index (χ1v) is 31.2. The summed E-state index contributed by atoms with van der Waals surface area (Å²) in [7, 11) is 0. The zero-order valence-electron chi connectivity index (χ0n) is 52.5. The predicted octanol–water partition coefficient (Wildman–Crippen LogP) is 22.9. The smallest absolute Gasteiger partial charge is 0.309 e. The van der Waals surface area contributed by atoms with E-state index < -0.39 is 11.7 Å². The first-order valence-electron chi connectivity index (χ1n) is 31.2. The molecule has 0 bridgehead atoms. The van der Waals surface area contributed by atoms with Crippen molar-refractivity contribution in [2.24, 2.45) is 0 Å². The number of benzene rings is 12. The summed E-state index contributed by atoms with van der Waals surface area (Å²) in [5.74, 6) is 1.39. The highest BCUT2D eigenvalue weighted by atomic mass is 19.4. The third-order valence-corrected chi connectivity index (χ3v) is 17.8. The highest BCUT2D eigenvalue weighted by Gasteiger charge is 2.33. The van der Waals surface area contributed by atoms with Gasteiger partial charge in [-0.15, -0.1) is 0 Å². The molecular weight excluding hydrogens is 1140 g/mol. The molecule has 446 valence electrons. The fraction of sp³-hybridized carbons (Fsp3) is 0.107. The Balaban J connectivity index is 1.05. The van der Waals surface area contributed by atoms with Gasteiger partial charge < -0.3 is 9.13 Å². The lowest BCUT2D eigenvalue weighted by atomic mass is 9.96. The molecule has 0 saturated heterocycles. The van der Waals surface area contributed by atoms with Crippen molar-refractivity contribution in [2.45, 2.75) is 61.6 Å². The van der Waals surface area contributed by atoms with E-state index in [4.69, 9.17) is 15.0 Å². The molecule has 0 atom stereocenters. The molecule has 0 aliphatic rings. The van der Waals surface area contributed by atoms with Crippen molar-refractivity contribution in [1.29, 1.82) is 0 Å². The molecule has 12 aromatic carbocycles. The molecular formula is C84H64F3N5. The topological polar surface area (TPSA) is 48.5 Å². The van der Waals surface area contributed by atoms with Gasteiger partial charge in [0.25, 0.3) is 0 Å². The number of fused-ring (bicyclic) bond motifs is 6. The minimum absolute atomic E-state index is 0.385. The van der Waals surface area contributed by atoms with Gasteiger partial charge in [0.1, 0.15) is 0 Å². The van der Waals surface area contributed by atoms with Gasteiger partial charge in [-0.25, -0.2) is 15.0 Å². The summed E-state index contributed by atoms with van der Waals surface area (Å²) in [6.45, 7) is 17.0. The molecule has 0 unspecified atom stereocenters. The van der Waals surface area contributed by atoms with Crippen LogP contribution in [-0.4, -0.2) is 24.1 Å². The maximum atomic E-state index is 15.8. The van der Waals surface area contributed by atoms with E-state index in [9.17, 15) is 0 Å². The second-order valence-corrected chi connectivity index (χ2v) is 25.1. The van der Waals surface area contributed by atoms with Gasteiger partial charge in [0.2, 0.25) is 0 Å². The Kier molecular flexibility index (Phi) is 14.1.